The van der Waals surface area contributed by atoms with Crippen LogP contribution in [0.15, 0.2) is 30.3 Å². The van der Waals surface area contributed by atoms with Gasteiger partial charge in [0.2, 0.25) is 5.82 Å². The van der Waals surface area contributed by atoms with E-state index in [2.05, 4.69) is 20.5 Å². The molecular formula is C10H10N4O. The lowest BCUT2D eigenvalue weighted by molar-refractivity contribution is 0.101. The number of rotatable bonds is 2. The number of hydrogen-bond donors (Lipinski definition) is 2. The lowest BCUT2D eigenvalue weighted by Gasteiger charge is -2.00. The summed E-state index contributed by atoms with van der Waals surface area (Å²) >= 11 is 0. The van der Waals surface area contributed by atoms with Gasteiger partial charge in [-0.25, -0.2) is 4.98 Å². The molecule has 0 aliphatic rings. The van der Waals surface area contributed by atoms with Crippen molar-refractivity contribution in [1.29, 1.82) is 0 Å². The zero-order valence-electron chi connectivity index (χ0n) is 8.19. The highest BCUT2D eigenvalue weighted by Crippen LogP contribution is 2.06. The fourth-order valence-corrected chi connectivity index (χ4v) is 1.15. The van der Waals surface area contributed by atoms with Gasteiger partial charge in [-0.05, 0) is 19.1 Å². The quantitative estimate of drug-likeness (QED) is 0.772. The molecule has 0 saturated heterocycles. The Morgan fingerprint density at radius 3 is 2.67 bits per heavy atom. The van der Waals surface area contributed by atoms with Gasteiger partial charge in [0, 0.05) is 5.69 Å². The van der Waals surface area contributed by atoms with E-state index in [0.717, 1.165) is 5.69 Å². The Hall–Kier alpha value is -2.17. The molecule has 5 heteroatoms. The van der Waals surface area contributed by atoms with Crippen molar-refractivity contribution in [2.75, 3.05) is 5.32 Å². The van der Waals surface area contributed by atoms with Crippen molar-refractivity contribution in [3.05, 3.63) is 42.0 Å². The molecule has 0 bridgehead atoms. The van der Waals surface area contributed by atoms with Gasteiger partial charge in [-0.3, -0.25) is 9.89 Å². The lowest BCUT2D eigenvalue weighted by Crippen LogP contribution is -2.13. The molecule has 15 heavy (non-hydrogen) atoms. The molecule has 1 heterocycles. The van der Waals surface area contributed by atoms with Crippen LogP contribution in [0.3, 0.4) is 0 Å². The monoisotopic (exact) mass is 202 g/mol. The van der Waals surface area contributed by atoms with Crippen molar-refractivity contribution in [2.45, 2.75) is 6.92 Å². The third kappa shape index (κ3) is 2.19. The van der Waals surface area contributed by atoms with Crippen LogP contribution >= 0.6 is 0 Å². The second-order valence-corrected chi connectivity index (χ2v) is 3.06. The lowest BCUT2D eigenvalue weighted by atomic mass is 10.3. The fraction of sp³-hybridized carbons (Fsp3) is 0.100. The number of aryl methyl sites for hydroxylation is 1. The maximum absolute atomic E-state index is 11.6. The van der Waals surface area contributed by atoms with Gasteiger partial charge >= 0.3 is 0 Å². The number of nitrogens with zero attached hydrogens (tertiary/aromatic N) is 2. The first-order valence-corrected chi connectivity index (χ1v) is 4.51. The van der Waals surface area contributed by atoms with Crippen molar-refractivity contribution < 1.29 is 4.79 Å². The summed E-state index contributed by atoms with van der Waals surface area (Å²) in [5.41, 5.74) is 0.727. The second-order valence-electron chi connectivity index (χ2n) is 3.06. The molecule has 1 aromatic heterocycles. The molecule has 1 aromatic carbocycles. The highest BCUT2D eigenvalue weighted by atomic mass is 16.2. The molecule has 2 aromatic rings. The topological polar surface area (TPSA) is 70.7 Å². The third-order valence-electron chi connectivity index (χ3n) is 1.83. The van der Waals surface area contributed by atoms with E-state index >= 15 is 0 Å². The van der Waals surface area contributed by atoms with Crippen molar-refractivity contribution >= 4 is 11.6 Å². The van der Waals surface area contributed by atoms with Crippen LogP contribution in [0.2, 0.25) is 0 Å². The molecule has 0 atom stereocenters. The number of para-hydroxylation sites is 1. The number of amides is 1. The number of carbonyl (C=O) groups excluding carboxylic acids is 1. The minimum atomic E-state index is -0.314. The first-order valence-electron chi connectivity index (χ1n) is 4.51. The van der Waals surface area contributed by atoms with Crippen molar-refractivity contribution in [2.24, 2.45) is 0 Å². The molecule has 0 aliphatic heterocycles. The van der Waals surface area contributed by atoms with E-state index in [1.54, 1.807) is 19.1 Å². The van der Waals surface area contributed by atoms with Gasteiger partial charge in [-0.1, -0.05) is 18.2 Å². The molecule has 5 nitrogen and oxygen atoms in total. The fourth-order valence-electron chi connectivity index (χ4n) is 1.15. The van der Waals surface area contributed by atoms with E-state index in [0.29, 0.717) is 5.82 Å². The first kappa shape index (κ1) is 9.39. The number of aromatic nitrogens is 3. The number of benzene rings is 1. The van der Waals surface area contributed by atoms with E-state index in [-0.39, 0.29) is 11.7 Å². The molecule has 0 aliphatic carbocycles. The van der Waals surface area contributed by atoms with Crippen molar-refractivity contribution in [3.63, 3.8) is 0 Å². The molecule has 0 fully saturated rings. The predicted octanol–water partition coefficient (Wildman–Crippen LogP) is 1.37. The minimum Gasteiger partial charge on any atom is -0.319 e. The van der Waals surface area contributed by atoms with E-state index < -0.39 is 0 Å². The smallest absolute Gasteiger partial charge is 0.295 e. The molecule has 0 saturated carbocycles. The standard InChI is InChI=1S/C10H10N4O/c1-7-11-9(14-13-7)10(15)12-8-5-3-2-4-6-8/h2-6H,1H3,(H,12,15)(H,11,13,14). The molecule has 0 unspecified atom stereocenters. The molecule has 2 rings (SSSR count). The van der Waals surface area contributed by atoms with Crippen LogP contribution < -0.4 is 5.32 Å². The highest BCUT2D eigenvalue weighted by Gasteiger charge is 2.10. The van der Waals surface area contributed by atoms with Crippen LogP contribution in [0, 0.1) is 6.92 Å². The van der Waals surface area contributed by atoms with E-state index in [1.165, 1.54) is 0 Å². The van der Waals surface area contributed by atoms with Gasteiger partial charge in [0.05, 0.1) is 0 Å². The highest BCUT2D eigenvalue weighted by molar-refractivity contribution is 6.01. The van der Waals surface area contributed by atoms with Crippen LogP contribution in [-0.4, -0.2) is 21.1 Å². The number of H-pyrrole nitrogens is 1. The third-order valence-corrected chi connectivity index (χ3v) is 1.83. The zero-order valence-corrected chi connectivity index (χ0v) is 8.19. The van der Waals surface area contributed by atoms with E-state index in [4.69, 9.17) is 0 Å². The van der Waals surface area contributed by atoms with Gasteiger partial charge in [-0.2, -0.15) is 0 Å². The summed E-state index contributed by atoms with van der Waals surface area (Å²) in [6, 6.07) is 9.18. The molecule has 2 N–H and O–H groups in total. The summed E-state index contributed by atoms with van der Waals surface area (Å²) in [7, 11) is 0. The Balaban J connectivity index is 2.11. The number of aromatic amines is 1. The Bertz CT molecular complexity index is 463. The number of hydrogen-bond acceptors (Lipinski definition) is 3. The Morgan fingerprint density at radius 1 is 1.33 bits per heavy atom. The van der Waals surface area contributed by atoms with Crippen LogP contribution in [0.25, 0.3) is 0 Å². The van der Waals surface area contributed by atoms with Crippen molar-refractivity contribution in [1.82, 2.24) is 15.2 Å². The first-order chi connectivity index (χ1) is 7.25. The Labute approximate surface area is 86.5 Å². The second kappa shape index (κ2) is 3.91. The molecule has 0 spiro atoms. The SMILES string of the molecule is Cc1nc(C(=O)Nc2ccccc2)n[nH]1. The Morgan fingerprint density at radius 2 is 2.07 bits per heavy atom. The summed E-state index contributed by atoms with van der Waals surface area (Å²) in [6.45, 7) is 1.74. The average molecular weight is 202 g/mol. The maximum Gasteiger partial charge on any atom is 0.295 e. The van der Waals surface area contributed by atoms with Crippen LogP contribution in [0.1, 0.15) is 16.4 Å². The minimum absolute atomic E-state index is 0.149. The summed E-state index contributed by atoms with van der Waals surface area (Å²) in [5, 5.41) is 9.06. The molecule has 1 amide bonds. The molecular weight excluding hydrogens is 192 g/mol. The number of nitrogens with one attached hydrogen (secondary N) is 2. The van der Waals surface area contributed by atoms with Crippen LogP contribution in [0.4, 0.5) is 5.69 Å². The number of carbonyl (C=O) groups is 1. The van der Waals surface area contributed by atoms with Crippen molar-refractivity contribution in [3.8, 4) is 0 Å². The number of anilines is 1. The average Bonchev–Trinajstić information content (AvgIpc) is 2.66. The molecule has 0 radical (unpaired) electrons. The van der Waals surface area contributed by atoms with Crippen LogP contribution in [-0.2, 0) is 0 Å². The van der Waals surface area contributed by atoms with Gasteiger partial charge < -0.3 is 5.32 Å². The molecule has 76 valence electrons. The van der Waals surface area contributed by atoms with Gasteiger partial charge in [0.15, 0.2) is 0 Å². The zero-order chi connectivity index (χ0) is 10.7. The van der Waals surface area contributed by atoms with E-state index in [1.807, 2.05) is 18.2 Å². The van der Waals surface area contributed by atoms with Gasteiger partial charge in [0.1, 0.15) is 5.82 Å². The van der Waals surface area contributed by atoms with Gasteiger partial charge in [-0.15, -0.1) is 5.10 Å². The summed E-state index contributed by atoms with van der Waals surface area (Å²) in [5.74, 6) is 0.454. The van der Waals surface area contributed by atoms with E-state index in [9.17, 15) is 4.79 Å². The largest absolute Gasteiger partial charge is 0.319 e. The summed E-state index contributed by atoms with van der Waals surface area (Å²) < 4.78 is 0. The predicted molar refractivity (Wildman–Crippen MR) is 55.5 cm³/mol. The summed E-state index contributed by atoms with van der Waals surface area (Å²) in [6.07, 6.45) is 0. The van der Waals surface area contributed by atoms with Gasteiger partial charge in [0.25, 0.3) is 5.91 Å². The van der Waals surface area contributed by atoms with Crippen LogP contribution in [0.5, 0.6) is 0 Å². The Kier molecular flexibility index (Phi) is 2.45. The maximum atomic E-state index is 11.6. The summed E-state index contributed by atoms with van der Waals surface area (Å²) in [4.78, 5) is 15.5. The normalized spacial score (nSPS) is 9.93.